The first kappa shape index (κ1) is 20.6. The maximum Gasteiger partial charge on any atom is 0.407 e. The first-order valence-electron chi connectivity index (χ1n) is 9.78. The van der Waals surface area contributed by atoms with Crippen molar-refractivity contribution in [3.05, 3.63) is 59.7 Å². The number of rotatable bonds is 9. The molecule has 0 fully saturated rings. The van der Waals surface area contributed by atoms with Gasteiger partial charge in [0, 0.05) is 25.3 Å². The summed E-state index contributed by atoms with van der Waals surface area (Å²) in [5.74, 6) is -1.18. The number of ketones is 1. The number of alkyl carbamates (subject to hydrolysis) is 1. The molecule has 2 N–H and O–H groups in total. The van der Waals surface area contributed by atoms with Crippen LogP contribution in [0.1, 0.15) is 43.2 Å². The molecule has 1 aliphatic rings. The van der Waals surface area contributed by atoms with E-state index in [4.69, 9.17) is 9.84 Å². The molecule has 1 aliphatic carbocycles. The van der Waals surface area contributed by atoms with Gasteiger partial charge in [-0.05, 0) is 28.2 Å². The van der Waals surface area contributed by atoms with Gasteiger partial charge in [0.1, 0.15) is 12.4 Å². The summed E-state index contributed by atoms with van der Waals surface area (Å²) >= 11 is 0. The molecule has 6 heteroatoms. The number of carbonyl (C=O) groups is 3. The highest BCUT2D eigenvalue weighted by Gasteiger charge is 2.29. The Kier molecular flexibility index (Phi) is 6.65. The van der Waals surface area contributed by atoms with Crippen LogP contribution in [0.3, 0.4) is 0 Å². The maximum atomic E-state index is 12.1. The second kappa shape index (κ2) is 9.37. The summed E-state index contributed by atoms with van der Waals surface area (Å²) in [6.07, 6.45) is -0.427. The zero-order valence-corrected chi connectivity index (χ0v) is 16.4. The molecule has 0 radical (unpaired) electrons. The lowest BCUT2D eigenvalue weighted by Gasteiger charge is -2.16. The minimum absolute atomic E-state index is 0.00294. The first-order valence-corrected chi connectivity index (χ1v) is 9.78. The molecule has 0 aromatic heterocycles. The summed E-state index contributed by atoms with van der Waals surface area (Å²) in [6.45, 7) is 2.38. The first-order chi connectivity index (χ1) is 14.0. The van der Waals surface area contributed by atoms with E-state index < -0.39 is 12.1 Å². The number of carbonyl (C=O) groups excluding carboxylic acids is 2. The van der Waals surface area contributed by atoms with Gasteiger partial charge >= 0.3 is 12.1 Å². The monoisotopic (exact) mass is 395 g/mol. The van der Waals surface area contributed by atoms with E-state index in [0.717, 1.165) is 11.1 Å². The third-order valence-electron chi connectivity index (χ3n) is 5.13. The Morgan fingerprint density at radius 2 is 1.59 bits per heavy atom. The molecule has 1 unspecified atom stereocenters. The molecule has 0 aliphatic heterocycles. The van der Waals surface area contributed by atoms with Gasteiger partial charge in [-0.3, -0.25) is 9.59 Å². The number of nitrogens with one attached hydrogen (secondary N) is 1. The number of hydrogen-bond donors (Lipinski definition) is 2. The Bertz CT molecular complexity index is 862. The van der Waals surface area contributed by atoms with Crippen molar-refractivity contribution >= 4 is 17.8 Å². The van der Waals surface area contributed by atoms with Crippen LogP contribution in [0, 0.1) is 5.92 Å². The number of aliphatic carboxylic acids is 1. The highest BCUT2D eigenvalue weighted by Crippen LogP contribution is 2.44. The average molecular weight is 395 g/mol. The van der Waals surface area contributed by atoms with Crippen LogP contribution in [0.2, 0.25) is 0 Å². The number of hydrogen-bond acceptors (Lipinski definition) is 4. The SMILES string of the molecule is CC(CNC(=O)OCC1c2ccccc2-c2ccccc21)CC(=O)CCC(=O)O. The normalized spacial score (nSPS) is 13.3. The topological polar surface area (TPSA) is 92.7 Å². The fourth-order valence-electron chi connectivity index (χ4n) is 3.72. The van der Waals surface area contributed by atoms with Crippen molar-refractivity contribution in [2.45, 2.75) is 32.1 Å². The number of fused-ring (bicyclic) bond motifs is 3. The van der Waals surface area contributed by atoms with Gasteiger partial charge in [0.25, 0.3) is 0 Å². The summed E-state index contributed by atoms with van der Waals surface area (Å²) in [5.41, 5.74) is 4.65. The van der Waals surface area contributed by atoms with Crippen molar-refractivity contribution in [2.24, 2.45) is 5.92 Å². The van der Waals surface area contributed by atoms with E-state index in [1.54, 1.807) is 0 Å². The van der Waals surface area contributed by atoms with Gasteiger partial charge in [-0.25, -0.2) is 4.79 Å². The highest BCUT2D eigenvalue weighted by atomic mass is 16.5. The summed E-state index contributed by atoms with van der Waals surface area (Å²) in [4.78, 5) is 34.4. The molecule has 2 aromatic rings. The van der Waals surface area contributed by atoms with Gasteiger partial charge in [-0.1, -0.05) is 55.5 Å². The van der Waals surface area contributed by atoms with E-state index in [1.165, 1.54) is 11.1 Å². The molecule has 1 amide bonds. The molecule has 29 heavy (non-hydrogen) atoms. The molecule has 152 valence electrons. The summed E-state index contributed by atoms with van der Waals surface area (Å²) in [5, 5.41) is 11.3. The Hall–Kier alpha value is -3.15. The molecule has 0 bridgehead atoms. The smallest absolute Gasteiger partial charge is 0.407 e. The molecule has 3 rings (SSSR count). The third-order valence-corrected chi connectivity index (χ3v) is 5.13. The van der Waals surface area contributed by atoms with Crippen LogP contribution in [0.4, 0.5) is 4.79 Å². The van der Waals surface area contributed by atoms with Gasteiger partial charge in [0.15, 0.2) is 0 Å². The van der Waals surface area contributed by atoms with Crippen molar-refractivity contribution in [3.63, 3.8) is 0 Å². The number of benzene rings is 2. The second-order valence-corrected chi connectivity index (χ2v) is 7.45. The van der Waals surface area contributed by atoms with Gasteiger partial charge in [0.05, 0.1) is 6.42 Å². The lowest BCUT2D eigenvalue weighted by molar-refractivity contribution is -0.138. The van der Waals surface area contributed by atoms with Crippen molar-refractivity contribution in [1.82, 2.24) is 5.32 Å². The number of carboxylic acids is 1. The lowest BCUT2D eigenvalue weighted by atomic mass is 9.98. The van der Waals surface area contributed by atoms with Crippen LogP contribution in [0.25, 0.3) is 11.1 Å². The van der Waals surface area contributed by atoms with Crippen molar-refractivity contribution in [1.29, 1.82) is 0 Å². The fraction of sp³-hybridized carbons (Fsp3) is 0.348. The molecule has 6 nitrogen and oxygen atoms in total. The standard InChI is InChI=1S/C23H25NO5/c1-15(12-16(25)10-11-22(26)27)13-24-23(28)29-14-21-19-8-4-2-6-17(19)18-7-3-5-9-20(18)21/h2-9,15,21H,10-14H2,1H3,(H,24,28)(H,26,27). The van der Waals surface area contributed by atoms with E-state index >= 15 is 0 Å². The number of amides is 1. The zero-order valence-electron chi connectivity index (χ0n) is 16.4. The predicted molar refractivity (Wildman–Crippen MR) is 109 cm³/mol. The van der Waals surface area contributed by atoms with Crippen LogP contribution >= 0.6 is 0 Å². The van der Waals surface area contributed by atoms with E-state index in [9.17, 15) is 14.4 Å². The Morgan fingerprint density at radius 3 is 2.17 bits per heavy atom. The number of Topliss-reactive ketones (excluding diaryl/α,β-unsaturated/α-hetero) is 1. The van der Waals surface area contributed by atoms with E-state index in [2.05, 4.69) is 29.6 Å². The minimum atomic E-state index is -0.984. The van der Waals surface area contributed by atoms with E-state index in [0.29, 0.717) is 6.54 Å². The number of ether oxygens (including phenoxy) is 1. The summed E-state index contributed by atoms with van der Waals surface area (Å²) in [6, 6.07) is 16.3. The van der Waals surface area contributed by atoms with Crippen LogP contribution in [0.15, 0.2) is 48.5 Å². The second-order valence-electron chi connectivity index (χ2n) is 7.45. The van der Waals surface area contributed by atoms with Gasteiger partial charge in [-0.2, -0.15) is 0 Å². The molecule has 0 saturated carbocycles. The van der Waals surface area contributed by atoms with Crippen LogP contribution in [-0.2, 0) is 14.3 Å². The molecule has 2 aromatic carbocycles. The van der Waals surface area contributed by atoms with Gasteiger partial charge in [0.2, 0.25) is 0 Å². The quantitative estimate of drug-likeness (QED) is 0.670. The largest absolute Gasteiger partial charge is 0.481 e. The van der Waals surface area contributed by atoms with Crippen LogP contribution in [-0.4, -0.2) is 36.1 Å². The number of carboxylic acid groups (broad SMARTS) is 1. The summed E-state index contributed by atoms with van der Waals surface area (Å²) < 4.78 is 5.46. The van der Waals surface area contributed by atoms with E-state index in [-0.39, 0.29) is 43.5 Å². The molecule has 0 saturated heterocycles. The Balaban J connectivity index is 1.49. The highest BCUT2D eigenvalue weighted by molar-refractivity contribution is 5.82. The third kappa shape index (κ3) is 5.22. The van der Waals surface area contributed by atoms with E-state index in [1.807, 2.05) is 31.2 Å². The molecular weight excluding hydrogens is 370 g/mol. The zero-order chi connectivity index (χ0) is 20.8. The Labute approximate surface area is 169 Å². The Morgan fingerprint density at radius 1 is 1.00 bits per heavy atom. The van der Waals surface area contributed by atoms with Crippen LogP contribution < -0.4 is 5.32 Å². The maximum absolute atomic E-state index is 12.1. The minimum Gasteiger partial charge on any atom is -0.481 e. The van der Waals surface area contributed by atoms with Crippen molar-refractivity contribution in [3.8, 4) is 11.1 Å². The predicted octanol–water partition coefficient (Wildman–Crippen LogP) is 3.99. The van der Waals surface area contributed by atoms with Gasteiger partial charge in [-0.15, -0.1) is 0 Å². The van der Waals surface area contributed by atoms with Gasteiger partial charge < -0.3 is 15.2 Å². The molecular formula is C23H25NO5. The van der Waals surface area contributed by atoms with Crippen molar-refractivity contribution < 1.29 is 24.2 Å². The van der Waals surface area contributed by atoms with Crippen molar-refractivity contribution in [2.75, 3.05) is 13.2 Å². The molecule has 1 atom stereocenters. The van der Waals surface area contributed by atoms with Crippen LogP contribution in [0.5, 0.6) is 0 Å². The summed E-state index contributed by atoms with van der Waals surface area (Å²) in [7, 11) is 0. The fourth-order valence-corrected chi connectivity index (χ4v) is 3.72. The average Bonchev–Trinajstić information content (AvgIpc) is 3.03. The lowest BCUT2D eigenvalue weighted by Crippen LogP contribution is -2.30. The molecule has 0 spiro atoms. The molecule has 0 heterocycles.